The number of carbonyl (C=O) groups is 1. The van der Waals surface area contributed by atoms with E-state index in [0.29, 0.717) is 18.9 Å². The molecule has 0 aromatic carbocycles. The number of aromatic amines is 1. The number of nitrogens with zero attached hydrogens (tertiary/aromatic N) is 7. The number of amides is 1. The fourth-order valence-electron chi connectivity index (χ4n) is 3.95. The van der Waals surface area contributed by atoms with Gasteiger partial charge in [-0.05, 0) is 12.8 Å². The number of tetrazole rings is 1. The molecular formula is C15H22N8O. The summed E-state index contributed by atoms with van der Waals surface area (Å²) >= 11 is 0. The van der Waals surface area contributed by atoms with Crippen LogP contribution in [0.4, 0.5) is 5.95 Å². The van der Waals surface area contributed by atoms with Gasteiger partial charge in [0.05, 0.1) is 0 Å². The van der Waals surface area contributed by atoms with Gasteiger partial charge in [0, 0.05) is 45.6 Å². The Morgan fingerprint density at radius 3 is 2.54 bits per heavy atom. The minimum Gasteiger partial charge on any atom is -0.339 e. The van der Waals surface area contributed by atoms with E-state index >= 15 is 0 Å². The lowest BCUT2D eigenvalue weighted by atomic mass is 9.83. The van der Waals surface area contributed by atoms with E-state index < -0.39 is 5.41 Å². The summed E-state index contributed by atoms with van der Waals surface area (Å²) < 4.78 is 2.01. The Balaban J connectivity index is 1.49. The van der Waals surface area contributed by atoms with E-state index in [9.17, 15) is 4.79 Å². The van der Waals surface area contributed by atoms with Crippen LogP contribution in [0.25, 0.3) is 0 Å². The lowest BCUT2D eigenvalue weighted by Crippen LogP contribution is -2.54. The molecule has 4 rings (SSSR count). The van der Waals surface area contributed by atoms with Crippen molar-refractivity contribution in [2.24, 2.45) is 7.05 Å². The number of piperazine rings is 1. The van der Waals surface area contributed by atoms with Gasteiger partial charge < -0.3 is 14.4 Å². The molecule has 0 atom stereocenters. The van der Waals surface area contributed by atoms with E-state index in [4.69, 9.17) is 0 Å². The Hall–Kier alpha value is -2.45. The molecule has 2 aromatic heterocycles. The predicted molar refractivity (Wildman–Crippen MR) is 86.3 cm³/mol. The van der Waals surface area contributed by atoms with Crippen LogP contribution in [0.1, 0.15) is 31.5 Å². The van der Waals surface area contributed by atoms with Crippen LogP contribution < -0.4 is 4.90 Å². The van der Waals surface area contributed by atoms with Crippen LogP contribution in [0.15, 0.2) is 12.4 Å². The second-order valence-corrected chi connectivity index (χ2v) is 6.64. The van der Waals surface area contributed by atoms with E-state index in [0.717, 1.165) is 44.7 Å². The smallest absolute Gasteiger partial charge is 0.236 e. The molecule has 2 aliphatic rings. The molecular weight excluding hydrogens is 308 g/mol. The second-order valence-electron chi connectivity index (χ2n) is 6.64. The quantitative estimate of drug-likeness (QED) is 0.857. The Morgan fingerprint density at radius 1 is 1.21 bits per heavy atom. The number of rotatable bonds is 3. The molecule has 0 unspecified atom stereocenters. The van der Waals surface area contributed by atoms with E-state index in [2.05, 4.69) is 30.5 Å². The maximum atomic E-state index is 13.2. The molecule has 2 fully saturated rings. The molecule has 1 aliphatic carbocycles. The van der Waals surface area contributed by atoms with Gasteiger partial charge >= 0.3 is 0 Å². The lowest BCUT2D eigenvalue weighted by Gasteiger charge is -2.39. The first-order chi connectivity index (χ1) is 11.7. The van der Waals surface area contributed by atoms with Crippen molar-refractivity contribution in [2.45, 2.75) is 31.1 Å². The predicted octanol–water partition coefficient (Wildman–Crippen LogP) is 0.0938. The SMILES string of the molecule is Cn1ccnc1N1CCN(C(=O)C2(c3nn[nH]n3)CCCC2)CC1. The molecule has 1 N–H and O–H groups in total. The molecule has 0 radical (unpaired) electrons. The number of nitrogens with one attached hydrogen (secondary N) is 1. The van der Waals surface area contributed by atoms with Crippen LogP contribution in [0.3, 0.4) is 0 Å². The van der Waals surface area contributed by atoms with Crippen LogP contribution in [0.2, 0.25) is 0 Å². The zero-order valence-electron chi connectivity index (χ0n) is 13.9. The van der Waals surface area contributed by atoms with Crippen LogP contribution in [0, 0.1) is 0 Å². The average molecular weight is 330 g/mol. The Kier molecular flexibility index (Phi) is 3.70. The van der Waals surface area contributed by atoms with Gasteiger partial charge in [0.15, 0.2) is 5.82 Å². The number of hydrogen-bond donors (Lipinski definition) is 1. The van der Waals surface area contributed by atoms with Gasteiger partial charge in [0.25, 0.3) is 0 Å². The van der Waals surface area contributed by atoms with Crippen molar-refractivity contribution >= 4 is 11.9 Å². The van der Waals surface area contributed by atoms with E-state index in [-0.39, 0.29) is 5.91 Å². The lowest BCUT2D eigenvalue weighted by molar-refractivity contribution is -0.138. The van der Waals surface area contributed by atoms with E-state index in [1.54, 1.807) is 6.20 Å². The molecule has 1 saturated heterocycles. The highest BCUT2D eigenvalue weighted by Crippen LogP contribution is 2.41. The average Bonchev–Trinajstić information content (AvgIpc) is 3.35. The molecule has 2 aromatic rings. The van der Waals surface area contributed by atoms with Crippen molar-refractivity contribution in [3.8, 4) is 0 Å². The summed E-state index contributed by atoms with van der Waals surface area (Å²) in [6.45, 7) is 2.98. The zero-order chi connectivity index (χ0) is 16.6. The van der Waals surface area contributed by atoms with Gasteiger partial charge in [-0.3, -0.25) is 4.79 Å². The van der Waals surface area contributed by atoms with E-state index in [1.165, 1.54) is 0 Å². The van der Waals surface area contributed by atoms with Gasteiger partial charge in [0.2, 0.25) is 11.9 Å². The summed E-state index contributed by atoms with van der Waals surface area (Å²) in [5.74, 6) is 1.66. The topological polar surface area (TPSA) is 95.8 Å². The summed E-state index contributed by atoms with van der Waals surface area (Å²) in [4.78, 5) is 21.8. The first-order valence-electron chi connectivity index (χ1n) is 8.46. The number of aromatic nitrogens is 6. The van der Waals surface area contributed by atoms with Crippen molar-refractivity contribution in [1.29, 1.82) is 0 Å². The number of hydrogen-bond acceptors (Lipinski definition) is 6. The van der Waals surface area contributed by atoms with Crippen molar-refractivity contribution in [1.82, 2.24) is 35.1 Å². The molecule has 0 spiro atoms. The molecule has 9 nitrogen and oxygen atoms in total. The first-order valence-corrected chi connectivity index (χ1v) is 8.46. The van der Waals surface area contributed by atoms with Crippen LogP contribution in [0.5, 0.6) is 0 Å². The maximum Gasteiger partial charge on any atom is 0.236 e. The molecule has 1 amide bonds. The highest BCUT2D eigenvalue weighted by Gasteiger charge is 2.48. The van der Waals surface area contributed by atoms with Gasteiger partial charge in [-0.2, -0.15) is 5.21 Å². The fraction of sp³-hybridized carbons (Fsp3) is 0.667. The summed E-state index contributed by atoms with van der Waals surface area (Å²) in [7, 11) is 1.99. The summed E-state index contributed by atoms with van der Waals surface area (Å²) in [5, 5.41) is 14.4. The highest BCUT2D eigenvalue weighted by atomic mass is 16.2. The molecule has 0 bridgehead atoms. The van der Waals surface area contributed by atoms with Crippen molar-refractivity contribution in [3.05, 3.63) is 18.2 Å². The summed E-state index contributed by atoms with van der Waals surface area (Å²) in [6.07, 6.45) is 7.43. The zero-order valence-corrected chi connectivity index (χ0v) is 13.9. The van der Waals surface area contributed by atoms with Gasteiger partial charge in [-0.1, -0.05) is 18.1 Å². The number of carbonyl (C=O) groups excluding carboxylic acids is 1. The molecule has 1 saturated carbocycles. The first kappa shape index (κ1) is 15.1. The standard InChI is InChI=1S/C15H22N8O/c1-21-7-6-16-14(21)23-10-8-22(9-11-23)13(24)15(4-2-3-5-15)12-17-19-20-18-12/h6-7H,2-5,8-11H2,1H3,(H,17,18,19,20). The number of H-pyrrole nitrogens is 1. The minimum atomic E-state index is -0.585. The molecule has 128 valence electrons. The summed E-state index contributed by atoms with van der Waals surface area (Å²) in [6, 6.07) is 0. The number of imidazole rings is 1. The van der Waals surface area contributed by atoms with Crippen molar-refractivity contribution in [2.75, 3.05) is 31.1 Å². The van der Waals surface area contributed by atoms with Gasteiger partial charge in [0.1, 0.15) is 5.41 Å². The molecule has 24 heavy (non-hydrogen) atoms. The van der Waals surface area contributed by atoms with Gasteiger partial charge in [-0.25, -0.2) is 4.98 Å². The monoisotopic (exact) mass is 330 g/mol. The number of anilines is 1. The maximum absolute atomic E-state index is 13.2. The fourth-order valence-corrected chi connectivity index (χ4v) is 3.95. The third-order valence-electron chi connectivity index (χ3n) is 5.29. The third-order valence-corrected chi connectivity index (χ3v) is 5.29. The minimum absolute atomic E-state index is 0.154. The van der Waals surface area contributed by atoms with Crippen LogP contribution >= 0.6 is 0 Å². The van der Waals surface area contributed by atoms with Crippen molar-refractivity contribution in [3.63, 3.8) is 0 Å². The Bertz CT molecular complexity index is 695. The van der Waals surface area contributed by atoms with Crippen LogP contribution in [-0.2, 0) is 17.3 Å². The van der Waals surface area contributed by atoms with Crippen molar-refractivity contribution < 1.29 is 4.79 Å². The highest BCUT2D eigenvalue weighted by molar-refractivity contribution is 5.87. The third kappa shape index (κ3) is 2.35. The second kappa shape index (κ2) is 5.88. The Labute approximate surface area is 140 Å². The van der Waals surface area contributed by atoms with Crippen LogP contribution in [-0.4, -0.2) is 67.2 Å². The molecule has 1 aliphatic heterocycles. The van der Waals surface area contributed by atoms with Gasteiger partial charge in [-0.15, -0.1) is 10.2 Å². The molecule has 3 heterocycles. The summed E-state index contributed by atoms with van der Waals surface area (Å²) in [5.41, 5.74) is -0.585. The molecule has 9 heteroatoms. The van der Waals surface area contributed by atoms with E-state index in [1.807, 2.05) is 22.7 Å². The largest absolute Gasteiger partial charge is 0.339 e. The number of aryl methyl sites for hydroxylation is 1. The Morgan fingerprint density at radius 2 is 1.96 bits per heavy atom. The normalized spacial score (nSPS) is 20.5.